The van der Waals surface area contributed by atoms with Crippen LogP contribution in [0.4, 0.5) is 4.79 Å². The van der Waals surface area contributed by atoms with Crippen LogP contribution in [-0.4, -0.2) is 33.9 Å². The molecule has 1 aliphatic heterocycles. The summed E-state index contributed by atoms with van der Waals surface area (Å²) >= 11 is 0. The maximum atomic E-state index is 12.0. The minimum absolute atomic E-state index is 0.0621. The number of benzene rings is 1. The van der Waals surface area contributed by atoms with Crippen LogP contribution in [0, 0.1) is 16.7 Å². The first-order valence-corrected chi connectivity index (χ1v) is 7.72. The molecule has 0 atom stereocenters. The summed E-state index contributed by atoms with van der Waals surface area (Å²) in [5, 5.41) is 22.3. The molecule has 3 rings (SSSR count). The molecule has 0 spiro atoms. The molecule has 0 aliphatic carbocycles. The fourth-order valence-electron chi connectivity index (χ4n) is 2.77. The van der Waals surface area contributed by atoms with Crippen molar-refractivity contribution in [2.75, 3.05) is 13.2 Å². The smallest absolute Gasteiger partial charge is 0.410 e. The lowest BCUT2D eigenvalue weighted by molar-refractivity contribution is 0.101. The Kier molecular flexibility index (Phi) is 4.29. The van der Waals surface area contributed by atoms with Gasteiger partial charge in [-0.2, -0.15) is 10.4 Å². The van der Waals surface area contributed by atoms with Crippen molar-refractivity contribution < 1.29 is 9.53 Å². The number of amides is 1. The van der Waals surface area contributed by atoms with Crippen molar-refractivity contribution in [1.29, 1.82) is 10.7 Å². The number of ether oxygens (including phenoxy) is 1. The van der Waals surface area contributed by atoms with Crippen LogP contribution in [0.15, 0.2) is 30.3 Å². The topological polar surface area (TPSA) is 95.0 Å². The molecule has 0 bridgehead atoms. The SMILES string of the molecule is CCOC(=O)N1CCc2c(nn(-c3ccccc3)c(=N)c2C#N)C1. The molecular weight excluding hydrogens is 306 g/mol. The molecule has 0 saturated carbocycles. The molecule has 1 amide bonds. The maximum absolute atomic E-state index is 12.0. The average molecular weight is 323 g/mol. The standard InChI is InChI=1S/C17H17N5O2/c1-2-24-17(23)21-9-8-13-14(10-18)16(19)22(20-15(13)11-21)12-6-4-3-5-7-12/h3-7,19H,2,8-9,11H2,1H3. The molecule has 24 heavy (non-hydrogen) atoms. The van der Waals surface area contributed by atoms with Crippen LogP contribution >= 0.6 is 0 Å². The van der Waals surface area contributed by atoms with Crippen LogP contribution in [0.5, 0.6) is 0 Å². The molecule has 7 heteroatoms. The van der Waals surface area contributed by atoms with Gasteiger partial charge in [0.25, 0.3) is 0 Å². The summed E-state index contributed by atoms with van der Waals surface area (Å²) in [5.41, 5.74) is 2.45. The van der Waals surface area contributed by atoms with Gasteiger partial charge in [-0.25, -0.2) is 9.48 Å². The normalized spacial score (nSPS) is 13.1. The van der Waals surface area contributed by atoms with E-state index in [0.29, 0.717) is 36.5 Å². The van der Waals surface area contributed by atoms with E-state index in [1.807, 2.05) is 30.3 Å². The van der Waals surface area contributed by atoms with Gasteiger partial charge in [-0.15, -0.1) is 0 Å². The zero-order valence-electron chi connectivity index (χ0n) is 13.3. The molecule has 122 valence electrons. The Hall–Kier alpha value is -3.14. The Morgan fingerprint density at radius 2 is 2.17 bits per heavy atom. The van der Waals surface area contributed by atoms with Gasteiger partial charge in [0.2, 0.25) is 0 Å². The van der Waals surface area contributed by atoms with Crippen LogP contribution < -0.4 is 5.49 Å². The van der Waals surface area contributed by atoms with Crippen LogP contribution in [0.3, 0.4) is 0 Å². The van der Waals surface area contributed by atoms with E-state index in [1.54, 1.807) is 11.8 Å². The first-order chi connectivity index (χ1) is 11.7. The van der Waals surface area contributed by atoms with Crippen molar-refractivity contribution in [3.63, 3.8) is 0 Å². The van der Waals surface area contributed by atoms with E-state index < -0.39 is 0 Å². The summed E-state index contributed by atoms with van der Waals surface area (Å²) in [6.07, 6.45) is 0.107. The molecule has 0 unspecified atom stereocenters. The predicted octanol–water partition coefficient (Wildman–Crippen LogP) is 1.74. The zero-order chi connectivity index (χ0) is 17.1. The number of carbonyl (C=O) groups excluding carboxylic acids is 1. The highest BCUT2D eigenvalue weighted by Crippen LogP contribution is 2.20. The minimum Gasteiger partial charge on any atom is -0.450 e. The number of fused-ring (bicyclic) bond motifs is 1. The molecular formula is C17H17N5O2. The third-order valence-corrected chi connectivity index (χ3v) is 3.93. The number of para-hydroxylation sites is 1. The average Bonchev–Trinajstić information content (AvgIpc) is 2.62. The number of nitrogens with one attached hydrogen (secondary N) is 1. The highest BCUT2D eigenvalue weighted by Gasteiger charge is 2.26. The second-order valence-corrected chi connectivity index (χ2v) is 5.38. The van der Waals surface area contributed by atoms with E-state index in [0.717, 1.165) is 5.56 Å². The Labute approximate surface area is 139 Å². The molecule has 1 aromatic carbocycles. The Morgan fingerprint density at radius 1 is 1.42 bits per heavy atom. The van der Waals surface area contributed by atoms with Gasteiger partial charge in [0.1, 0.15) is 11.6 Å². The second kappa shape index (κ2) is 6.54. The van der Waals surface area contributed by atoms with Crippen molar-refractivity contribution in [3.8, 4) is 11.8 Å². The van der Waals surface area contributed by atoms with E-state index in [-0.39, 0.29) is 18.1 Å². The monoisotopic (exact) mass is 323 g/mol. The lowest BCUT2D eigenvalue weighted by Crippen LogP contribution is -2.40. The van der Waals surface area contributed by atoms with Gasteiger partial charge in [-0.1, -0.05) is 18.2 Å². The van der Waals surface area contributed by atoms with Gasteiger partial charge < -0.3 is 9.64 Å². The van der Waals surface area contributed by atoms with E-state index in [2.05, 4.69) is 11.2 Å². The number of hydrogen-bond donors (Lipinski definition) is 1. The number of nitrogens with zero attached hydrogens (tertiary/aromatic N) is 4. The van der Waals surface area contributed by atoms with Gasteiger partial charge in [-0.3, -0.25) is 5.41 Å². The van der Waals surface area contributed by atoms with E-state index in [1.165, 1.54) is 4.68 Å². The third kappa shape index (κ3) is 2.74. The van der Waals surface area contributed by atoms with E-state index in [9.17, 15) is 10.1 Å². The molecule has 1 aliphatic rings. The van der Waals surface area contributed by atoms with E-state index in [4.69, 9.17) is 10.1 Å². The van der Waals surface area contributed by atoms with Crippen LogP contribution in [-0.2, 0) is 17.7 Å². The van der Waals surface area contributed by atoms with Crippen molar-refractivity contribution in [3.05, 3.63) is 52.6 Å². The van der Waals surface area contributed by atoms with Crippen LogP contribution in [0.1, 0.15) is 23.7 Å². The number of carbonyl (C=O) groups is 1. The molecule has 0 radical (unpaired) electrons. The summed E-state index contributed by atoms with van der Waals surface area (Å²) < 4.78 is 6.48. The third-order valence-electron chi connectivity index (χ3n) is 3.93. The van der Waals surface area contributed by atoms with Gasteiger partial charge >= 0.3 is 6.09 Å². The fourth-order valence-corrected chi connectivity index (χ4v) is 2.77. The summed E-state index contributed by atoms with van der Waals surface area (Å²) in [6, 6.07) is 11.3. The summed E-state index contributed by atoms with van der Waals surface area (Å²) in [5.74, 6) is 0. The largest absolute Gasteiger partial charge is 0.450 e. The zero-order valence-corrected chi connectivity index (χ0v) is 13.3. The second-order valence-electron chi connectivity index (χ2n) is 5.38. The van der Waals surface area contributed by atoms with Gasteiger partial charge in [-0.05, 0) is 25.5 Å². The summed E-state index contributed by atoms with van der Waals surface area (Å²) in [7, 11) is 0. The highest BCUT2D eigenvalue weighted by molar-refractivity contribution is 5.68. The van der Waals surface area contributed by atoms with Crippen molar-refractivity contribution in [2.24, 2.45) is 0 Å². The molecule has 2 heterocycles. The molecule has 0 saturated heterocycles. The molecule has 1 aromatic heterocycles. The lowest BCUT2D eigenvalue weighted by atomic mass is 10.0. The van der Waals surface area contributed by atoms with Gasteiger partial charge in [0.05, 0.1) is 24.5 Å². The summed E-state index contributed by atoms with van der Waals surface area (Å²) in [6.45, 7) is 2.80. The Bertz CT molecular complexity index is 867. The number of rotatable bonds is 2. The number of aromatic nitrogens is 2. The Morgan fingerprint density at radius 3 is 2.83 bits per heavy atom. The first-order valence-electron chi connectivity index (χ1n) is 7.72. The van der Waals surface area contributed by atoms with Gasteiger partial charge in [0, 0.05) is 12.1 Å². The Balaban J connectivity index is 2.08. The molecule has 0 fully saturated rings. The maximum Gasteiger partial charge on any atom is 0.410 e. The van der Waals surface area contributed by atoms with Crippen molar-refractivity contribution in [1.82, 2.24) is 14.7 Å². The highest BCUT2D eigenvalue weighted by atomic mass is 16.6. The summed E-state index contributed by atoms with van der Waals surface area (Å²) in [4.78, 5) is 13.5. The van der Waals surface area contributed by atoms with Gasteiger partial charge in [0.15, 0.2) is 5.49 Å². The van der Waals surface area contributed by atoms with Crippen LogP contribution in [0.25, 0.3) is 5.69 Å². The molecule has 2 aromatic rings. The molecule has 7 nitrogen and oxygen atoms in total. The quantitative estimate of drug-likeness (QED) is 0.910. The minimum atomic E-state index is -0.385. The fraction of sp³-hybridized carbons (Fsp3) is 0.294. The van der Waals surface area contributed by atoms with Crippen molar-refractivity contribution >= 4 is 6.09 Å². The number of hydrogen-bond acceptors (Lipinski definition) is 5. The number of nitriles is 1. The lowest BCUT2D eigenvalue weighted by Gasteiger charge is -2.28. The van der Waals surface area contributed by atoms with E-state index >= 15 is 0 Å². The first kappa shape index (κ1) is 15.7. The molecule has 1 N–H and O–H groups in total. The van der Waals surface area contributed by atoms with Crippen molar-refractivity contribution in [2.45, 2.75) is 19.9 Å². The van der Waals surface area contributed by atoms with Crippen LogP contribution in [0.2, 0.25) is 0 Å². The predicted molar refractivity (Wildman–Crippen MR) is 85.3 cm³/mol.